The van der Waals surface area contributed by atoms with Crippen LogP contribution in [-0.4, -0.2) is 63.4 Å². The molecule has 1 aliphatic heterocycles. The molecule has 3 heterocycles. The van der Waals surface area contributed by atoms with Crippen molar-refractivity contribution < 1.29 is 18.7 Å². The fraction of sp³-hybridized carbons (Fsp3) is 0.333. The maximum absolute atomic E-state index is 14.1. The third kappa shape index (κ3) is 6.14. The number of aromatic nitrogens is 3. The van der Waals surface area contributed by atoms with Gasteiger partial charge in [0, 0.05) is 36.7 Å². The average Bonchev–Trinajstić information content (AvgIpc) is 3.11. The molecule has 11 heteroatoms. The zero-order chi connectivity index (χ0) is 23.3. The Labute approximate surface area is 189 Å². The molecule has 1 aromatic carbocycles. The molecule has 2 aromatic heterocycles. The van der Waals surface area contributed by atoms with Crippen LogP contribution in [0.15, 0.2) is 36.8 Å². The van der Waals surface area contributed by atoms with Crippen molar-refractivity contribution >= 4 is 41.3 Å². The molecule has 1 fully saturated rings. The number of hydrogen-bond donors (Lipinski definition) is 2. The molecule has 4 rings (SSSR count). The van der Waals surface area contributed by atoms with Gasteiger partial charge in [-0.1, -0.05) is 0 Å². The average molecular weight is 463 g/mol. The number of likely N-dealkylation sites (tertiary alicyclic amines) is 1. The number of anilines is 2. The smallest absolute Gasteiger partial charge is 0.411 e. The summed E-state index contributed by atoms with van der Waals surface area (Å²) in [6.07, 6.45) is 4.25. The van der Waals surface area contributed by atoms with Crippen molar-refractivity contribution in [2.24, 2.45) is 0 Å². The molecule has 3 aromatic rings. The van der Waals surface area contributed by atoms with Crippen LogP contribution in [0.2, 0.25) is 0 Å². The summed E-state index contributed by atoms with van der Waals surface area (Å²) < 4.78 is 20.7. The molecule has 0 spiro atoms. The molecular formula is C21H24ClFN6O3. The number of benzene rings is 1. The number of carbonyl (C=O) groups excluding carboxylic acids is 2. The molecule has 0 unspecified atom stereocenters. The predicted molar refractivity (Wildman–Crippen MR) is 120 cm³/mol. The van der Waals surface area contributed by atoms with E-state index in [4.69, 9.17) is 16.3 Å². The van der Waals surface area contributed by atoms with Crippen LogP contribution in [0.1, 0.15) is 13.8 Å². The number of nitrogens with one attached hydrogen (secondary N) is 2. The fourth-order valence-corrected chi connectivity index (χ4v) is 3.41. The van der Waals surface area contributed by atoms with E-state index in [0.717, 1.165) is 13.1 Å². The SMILES string of the molecule is CC(C)OC(=O)Nc1cnc2nc(-c3cc(NC=O)ccc3F)cn2c1.CN1CC(Cl)C1. The van der Waals surface area contributed by atoms with Crippen molar-refractivity contribution in [2.75, 3.05) is 30.8 Å². The van der Waals surface area contributed by atoms with Crippen LogP contribution in [0.25, 0.3) is 17.0 Å². The highest BCUT2D eigenvalue weighted by Gasteiger charge is 2.19. The third-order valence-corrected chi connectivity index (χ3v) is 4.66. The van der Waals surface area contributed by atoms with Crippen LogP contribution < -0.4 is 10.6 Å². The van der Waals surface area contributed by atoms with E-state index in [9.17, 15) is 14.0 Å². The van der Waals surface area contributed by atoms with Gasteiger partial charge in [-0.3, -0.25) is 14.5 Å². The van der Waals surface area contributed by atoms with E-state index < -0.39 is 11.9 Å². The van der Waals surface area contributed by atoms with Crippen molar-refractivity contribution in [2.45, 2.75) is 25.3 Å². The Balaban J connectivity index is 0.000000416. The third-order valence-electron chi connectivity index (χ3n) is 4.39. The molecule has 9 nitrogen and oxygen atoms in total. The Morgan fingerprint density at radius 1 is 1.31 bits per heavy atom. The van der Waals surface area contributed by atoms with Crippen molar-refractivity contribution in [3.05, 3.63) is 42.6 Å². The first-order valence-electron chi connectivity index (χ1n) is 9.90. The minimum atomic E-state index is -0.597. The molecule has 32 heavy (non-hydrogen) atoms. The van der Waals surface area contributed by atoms with Crippen molar-refractivity contribution in [3.63, 3.8) is 0 Å². The molecular weight excluding hydrogens is 439 g/mol. The summed E-state index contributed by atoms with van der Waals surface area (Å²) in [7, 11) is 2.07. The summed E-state index contributed by atoms with van der Waals surface area (Å²) in [6, 6.07) is 4.17. The Morgan fingerprint density at radius 2 is 2.06 bits per heavy atom. The lowest BCUT2D eigenvalue weighted by atomic mass is 10.1. The number of amides is 2. The Morgan fingerprint density at radius 3 is 2.66 bits per heavy atom. The Hall–Kier alpha value is -3.24. The molecule has 0 saturated carbocycles. The van der Waals surface area contributed by atoms with Crippen LogP contribution in [0.3, 0.4) is 0 Å². The summed E-state index contributed by atoms with van der Waals surface area (Å²) in [5.41, 5.74) is 1.41. The monoisotopic (exact) mass is 462 g/mol. The van der Waals surface area contributed by atoms with Gasteiger partial charge in [0.1, 0.15) is 5.82 Å². The van der Waals surface area contributed by atoms with E-state index in [0.29, 0.717) is 34.6 Å². The molecule has 0 aliphatic carbocycles. The second-order valence-electron chi connectivity index (χ2n) is 7.53. The van der Waals surface area contributed by atoms with Crippen molar-refractivity contribution in [1.82, 2.24) is 19.3 Å². The molecule has 2 N–H and O–H groups in total. The van der Waals surface area contributed by atoms with E-state index >= 15 is 0 Å². The van der Waals surface area contributed by atoms with Crippen molar-refractivity contribution in [1.29, 1.82) is 0 Å². The minimum Gasteiger partial charge on any atom is -0.447 e. The van der Waals surface area contributed by atoms with Gasteiger partial charge in [0.25, 0.3) is 0 Å². The number of rotatable bonds is 5. The lowest BCUT2D eigenvalue weighted by molar-refractivity contribution is -0.105. The summed E-state index contributed by atoms with van der Waals surface area (Å²) in [4.78, 5) is 32.8. The molecule has 0 atom stereocenters. The zero-order valence-corrected chi connectivity index (χ0v) is 18.6. The predicted octanol–water partition coefficient (Wildman–Crippen LogP) is 3.60. The zero-order valence-electron chi connectivity index (χ0n) is 17.9. The van der Waals surface area contributed by atoms with Gasteiger partial charge in [-0.25, -0.2) is 19.2 Å². The highest BCUT2D eigenvalue weighted by molar-refractivity contribution is 6.21. The summed E-state index contributed by atoms with van der Waals surface area (Å²) in [5, 5.41) is 5.46. The number of imidazole rings is 1. The van der Waals surface area contributed by atoms with Gasteiger partial charge < -0.3 is 15.0 Å². The first kappa shape index (κ1) is 23.4. The van der Waals surface area contributed by atoms with E-state index in [2.05, 4.69) is 32.5 Å². The van der Waals surface area contributed by atoms with Gasteiger partial charge in [-0.2, -0.15) is 0 Å². The largest absolute Gasteiger partial charge is 0.447 e. The molecule has 1 aliphatic rings. The lowest BCUT2D eigenvalue weighted by Gasteiger charge is -2.31. The maximum atomic E-state index is 14.1. The number of nitrogens with zero attached hydrogens (tertiary/aromatic N) is 4. The number of alkyl halides is 1. The topological polar surface area (TPSA) is 101 Å². The molecule has 0 bridgehead atoms. The second-order valence-corrected chi connectivity index (χ2v) is 8.15. The maximum Gasteiger partial charge on any atom is 0.411 e. The fourth-order valence-electron chi connectivity index (χ4n) is 2.94. The van der Waals surface area contributed by atoms with Crippen LogP contribution >= 0.6 is 11.6 Å². The van der Waals surface area contributed by atoms with Gasteiger partial charge >= 0.3 is 6.09 Å². The van der Waals surface area contributed by atoms with Crippen molar-refractivity contribution in [3.8, 4) is 11.3 Å². The number of fused-ring (bicyclic) bond motifs is 1. The quantitative estimate of drug-likeness (QED) is 0.444. The first-order chi connectivity index (χ1) is 15.2. The van der Waals surface area contributed by atoms with E-state index in [1.807, 2.05) is 0 Å². The normalized spacial score (nSPS) is 13.8. The Kier molecular flexibility index (Phi) is 7.60. The standard InChI is InChI=1S/C17H16FN5O3.C4H8ClN/c1-10(2)26-17(25)21-12-6-19-16-22-15(8-23(16)7-12)13-5-11(20-9-24)3-4-14(13)18;1-6-2-4(5)3-6/h3-10H,1-2H3,(H,20,24)(H,21,25);4H,2-3H2,1H3. The second kappa shape index (κ2) is 10.4. The highest BCUT2D eigenvalue weighted by Crippen LogP contribution is 2.25. The first-order valence-corrected chi connectivity index (χ1v) is 10.3. The van der Waals surface area contributed by atoms with E-state index in [1.165, 1.54) is 24.4 Å². The highest BCUT2D eigenvalue weighted by atomic mass is 35.5. The molecule has 2 amide bonds. The Bertz CT molecular complexity index is 1090. The van der Waals surface area contributed by atoms with Crippen LogP contribution in [0.5, 0.6) is 0 Å². The number of ether oxygens (including phenoxy) is 1. The van der Waals surface area contributed by atoms with Gasteiger partial charge in [-0.05, 0) is 39.1 Å². The van der Waals surface area contributed by atoms with Crippen LogP contribution in [0.4, 0.5) is 20.6 Å². The van der Waals surface area contributed by atoms with Crippen LogP contribution in [-0.2, 0) is 9.53 Å². The lowest BCUT2D eigenvalue weighted by Crippen LogP contribution is -2.44. The van der Waals surface area contributed by atoms with Gasteiger partial charge in [0.2, 0.25) is 12.2 Å². The number of halogens is 2. The van der Waals surface area contributed by atoms with Gasteiger partial charge in [-0.15, -0.1) is 11.6 Å². The van der Waals surface area contributed by atoms with Crippen LogP contribution in [0, 0.1) is 5.82 Å². The molecule has 1 saturated heterocycles. The van der Waals surface area contributed by atoms with Gasteiger partial charge in [0.05, 0.1) is 29.1 Å². The number of carbonyl (C=O) groups is 2. The van der Waals surface area contributed by atoms with Gasteiger partial charge in [0.15, 0.2) is 0 Å². The van der Waals surface area contributed by atoms with E-state index in [-0.39, 0.29) is 11.7 Å². The van der Waals surface area contributed by atoms with E-state index in [1.54, 1.807) is 30.6 Å². The minimum absolute atomic E-state index is 0.219. The molecule has 0 radical (unpaired) electrons. The summed E-state index contributed by atoms with van der Waals surface area (Å²) >= 11 is 5.60. The summed E-state index contributed by atoms with van der Waals surface area (Å²) in [6.45, 7) is 5.62. The number of hydrogen-bond acceptors (Lipinski definition) is 6. The molecule has 170 valence electrons. The summed E-state index contributed by atoms with van der Waals surface area (Å²) in [5.74, 6) is -0.153.